The Morgan fingerprint density at radius 3 is 2.28 bits per heavy atom. The zero-order valence-electron chi connectivity index (χ0n) is 16.6. The number of anilines is 1. The minimum absolute atomic E-state index is 0.0418. The molecule has 0 saturated carbocycles. The van der Waals surface area contributed by atoms with Crippen molar-refractivity contribution in [1.29, 1.82) is 0 Å². The highest BCUT2D eigenvalue weighted by molar-refractivity contribution is 7.89. The summed E-state index contributed by atoms with van der Waals surface area (Å²) >= 11 is 0. The minimum Gasteiger partial charge on any atom is -0.352 e. The average Bonchev–Trinajstić information content (AvgIpc) is 2.60. The number of sulfonamides is 1. The smallest absolute Gasteiger partial charge is 0.312 e. The van der Waals surface area contributed by atoms with Crippen molar-refractivity contribution in [3.8, 4) is 0 Å². The molecule has 0 fully saturated rings. The molecule has 0 saturated heterocycles. The van der Waals surface area contributed by atoms with Gasteiger partial charge in [-0.2, -0.15) is 0 Å². The van der Waals surface area contributed by atoms with Crippen LogP contribution in [-0.2, 0) is 14.8 Å². The van der Waals surface area contributed by atoms with Gasteiger partial charge in [-0.15, -0.1) is 0 Å². The topological polar surface area (TPSA) is 130 Å². The van der Waals surface area contributed by atoms with Crippen molar-refractivity contribution in [2.45, 2.75) is 43.7 Å². The number of urea groups is 1. The number of hydrogen-bond donors (Lipinski definition) is 4. The van der Waals surface area contributed by atoms with E-state index in [-0.39, 0.29) is 11.3 Å². The molecule has 9 heteroatoms. The van der Waals surface area contributed by atoms with Gasteiger partial charge >= 0.3 is 6.03 Å². The van der Waals surface area contributed by atoms with Crippen LogP contribution in [-0.4, -0.2) is 25.9 Å². The lowest BCUT2D eigenvalue weighted by Gasteiger charge is -2.21. The molecule has 2 aromatic carbocycles. The Labute approximate surface area is 170 Å². The van der Waals surface area contributed by atoms with Crippen LogP contribution in [0.15, 0.2) is 59.5 Å². The SMILES string of the molecule is CC(C)(C)NS(=O)(=O)c1cccc(NC(=O)C[C@@H](NC(N)=O)c2ccccc2)c1. The van der Waals surface area contributed by atoms with Crippen LogP contribution in [0.3, 0.4) is 0 Å². The van der Waals surface area contributed by atoms with E-state index in [0.717, 1.165) is 5.56 Å². The summed E-state index contributed by atoms with van der Waals surface area (Å²) in [7, 11) is -3.73. The van der Waals surface area contributed by atoms with Crippen molar-refractivity contribution in [1.82, 2.24) is 10.0 Å². The summed E-state index contributed by atoms with van der Waals surface area (Å²) in [6.45, 7) is 5.23. The van der Waals surface area contributed by atoms with Gasteiger partial charge in [-0.1, -0.05) is 36.4 Å². The van der Waals surface area contributed by atoms with Gasteiger partial charge in [0.05, 0.1) is 17.4 Å². The fourth-order valence-electron chi connectivity index (χ4n) is 2.71. The second kappa shape index (κ2) is 9.06. The first-order valence-electron chi connectivity index (χ1n) is 9.01. The zero-order valence-corrected chi connectivity index (χ0v) is 17.4. The Bertz CT molecular complexity index is 969. The van der Waals surface area contributed by atoms with Gasteiger partial charge in [0.2, 0.25) is 15.9 Å². The lowest BCUT2D eigenvalue weighted by Crippen LogP contribution is -2.40. The van der Waals surface area contributed by atoms with E-state index in [2.05, 4.69) is 15.4 Å². The van der Waals surface area contributed by atoms with E-state index in [4.69, 9.17) is 5.73 Å². The van der Waals surface area contributed by atoms with Crippen LogP contribution in [0.5, 0.6) is 0 Å². The van der Waals surface area contributed by atoms with E-state index in [9.17, 15) is 18.0 Å². The van der Waals surface area contributed by atoms with E-state index in [1.165, 1.54) is 12.1 Å². The lowest BCUT2D eigenvalue weighted by molar-refractivity contribution is -0.116. The molecule has 29 heavy (non-hydrogen) atoms. The molecule has 0 unspecified atom stereocenters. The van der Waals surface area contributed by atoms with Crippen molar-refractivity contribution in [3.05, 3.63) is 60.2 Å². The Hall–Kier alpha value is -2.91. The maximum absolute atomic E-state index is 12.5. The van der Waals surface area contributed by atoms with Gasteiger partial charge in [0, 0.05) is 11.2 Å². The van der Waals surface area contributed by atoms with Crippen LogP contribution in [0.25, 0.3) is 0 Å². The van der Waals surface area contributed by atoms with Gasteiger partial charge < -0.3 is 16.4 Å². The first kappa shape index (κ1) is 22.4. The standard InChI is InChI=1S/C20H26N4O4S/c1-20(2,3)24-29(27,28)16-11-7-10-15(12-16)22-18(25)13-17(23-19(21)26)14-8-5-4-6-9-14/h4-12,17,24H,13H2,1-3H3,(H,22,25)(H3,21,23,26)/t17-/m1/s1. The molecule has 2 rings (SSSR count). The van der Waals surface area contributed by atoms with Crippen molar-refractivity contribution in [3.63, 3.8) is 0 Å². The zero-order chi connectivity index (χ0) is 21.7. The predicted octanol–water partition coefficient (Wildman–Crippen LogP) is 2.50. The summed E-state index contributed by atoms with van der Waals surface area (Å²) in [5.74, 6) is -0.397. The third-order valence-corrected chi connectivity index (χ3v) is 5.53. The number of hydrogen-bond acceptors (Lipinski definition) is 4. The Balaban J connectivity index is 2.15. The number of nitrogens with one attached hydrogen (secondary N) is 3. The van der Waals surface area contributed by atoms with E-state index in [1.807, 2.05) is 6.07 Å². The summed E-state index contributed by atoms with van der Waals surface area (Å²) in [6.07, 6.45) is -0.0653. The normalized spacial score (nSPS) is 12.8. The molecule has 5 N–H and O–H groups in total. The molecule has 2 aromatic rings. The highest BCUT2D eigenvalue weighted by atomic mass is 32.2. The monoisotopic (exact) mass is 418 g/mol. The molecule has 3 amide bonds. The highest BCUT2D eigenvalue weighted by Crippen LogP contribution is 2.20. The van der Waals surface area contributed by atoms with Gasteiger partial charge in [0.1, 0.15) is 0 Å². The molecule has 0 aliphatic carbocycles. The number of nitrogens with two attached hydrogens (primary N) is 1. The molecule has 0 aliphatic heterocycles. The molecule has 0 aromatic heterocycles. The van der Waals surface area contributed by atoms with Crippen LogP contribution < -0.4 is 21.1 Å². The lowest BCUT2D eigenvalue weighted by atomic mass is 10.0. The first-order chi connectivity index (χ1) is 13.5. The average molecular weight is 419 g/mol. The van der Waals surface area contributed by atoms with Gasteiger partial charge in [0.25, 0.3) is 0 Å². The van der Waals surface area contributed by atoms with Crippen LogP contribution >= 0.6 is 0 Å². The number of benzene rings is 2. The summed E-state index contributed by atoms with van der Waals surface area (Å²) in [5.41, 5.74) is 5.64. The third kappa shape index (κ3) is 7.20. The number of primary amides is 1. The predicted molar refractivity (Wildman–Crippen MR) is 112 cm³/mol. The van der Waals surface area contributed by atoms with Crippen molar-refractivity contribution in [2.24, 2.45) is 5.73 Å². The first-order valence-corrected chi connectivity index (χ1v) is 10.5. The number of amides is 3. The largest absolute Gasteiger partial charge is 0.352 e. The number of carbonyl (C=O) groups excluding carboxylic acids is 2. The molecule has 0 aliphatic rings. The van der Waals surface area contributed by atoms with Crippen molar-refractivity contribution >= 4 is 27.6 Å². The second-order valence-corrected chi connectivity index (χ2v) is 9.29. The quantitative estimate of drug-likeness (QED) is 0.550. The maximum Gasteiger partial charge on any atom is 0.312 e. The molecule has 0 radical (unpaired) electrons. The van der Waals surface area contributed by atoms with E-state index in [1.54, 1.807) is 57.2 Å². The third-order valence-electron chi connectivity index (χ3n) is 3.78. The Morgan fingerprint density at radius 1 is 1.03 bits per heavy atom. The van der Waals surface area contributed by atoms with Gasteiger partial charge in [-0.3, -0.25) is 4.79 Å². The Kier molecular flexibility index (Phi) is 6.99. The minimum atomic E-state index is -3.73. The molecule has 0 spiro atoms. The van der Waals surface area contributed by atoms with Crippen LogP contribution in [0.1, 0.15) is 38.8 Å². The Morgan fingerprint density at radius 2 is 1.69 bits per heavy atom. The van der Waals surface area contributed by atoms with Gasteiger partial charge in [-0.05, 0) is 44.5 Å². The second-order valence-electron chi connectivity index (χ2n) is 7.61. The van der Waals surface area contributed by atoms with Gasteiger partial charge in [-0.25, -0.2) is 17.9 Å². The van der Waals surface area contributed by atoms with Crippen LogP contribution in [0, 0.1) is 0 Å². The van der Waals surface area contributed by atoms with Gasteiger partial charge in [0.15, 0.2) is 0 Å². The van der Waals surface area contributed by atoms with Crippen molar-refractivity contribution in [2.75, 3.05) is 5.32 Å². The van der Waals surface area contributed by atoms with E-state index < -0.39 is 33.5 Å². The number of rotatable bonds is 7. The molecule has 156 valence electrons. The highest BCUT2D eigenvalue weighted by Gasteiger charge is 2.23. The molecule has 0 bridgehead atoms. The van der Waals surface area contributed by atoms with E-state index in [0.29, 0.717) is 5.69 Å². The molecule has 8 nitrogen and oxygen atoms in total. The summed E-state index contributed by atoms with van der Waals surface area (Å²) in [5, 5.41) is 5.21. The molecular formula is C20H26N4O4S. The fraction of sp³-hybridized carbons (Fsp3) is 0.300. The molecule has 0 heterocycles. The number of carbonyl (C=O) groups is 2. The van der Waals surface area contributed by atoms with Crippen LogP contribution in [0.2, 0.25) is 0 Å². The van der Waals surface area contributed by atoms with E-state index >= 15 is 0 Å². The summed E-state index contributed by atoms with van der Waals surface area (Å²) < 4.78 is 27.5. The summed E-state index contributed by atoms with van der Waals surface area (Å²) in [6, 6.07) is 13.6. The maximum atomic E-state index is 12.5. The fourth-order valence-corrected chi connectivity index (χ4v) is 4.17. The molecular weight excluding hydrogens is 392 g/mol. The summed E-state index contributed by atoms with van der Waals surface area (Å²) in [4.78, 5) is 23.8. The van der Waals surface area contributed by atoms with Crippen LogP contribution in [0.4, 0.5) is 10.5 Å². The molecule has 1 atom stereocenters. The van der Waals surface area contributed by atoms with Crippen molar-refractivity contribution < 1.29 is 18.0 Å².